The van der Waals surface area contributed by atoms with E-state index >= 15 is 0 Å². The minimum absolute atomic E-state index is 0.533. The van der Waals surface area contributed by atoms with Crippen molar-refractivity contribution in [2.24, 2.45) is 0 Å². The Morgan fingerprint density at radius 3 is 1.84 bits per heavy atom. The minimum Gasteiger partial charge on any atom is -0.479 e. The fraction of sp³-hybridized carbons (Fsp3) is 0.667. The number of esters is 2. The third-order valence-corrected chi connectivity index (χ3v) is 2.02. The lowest BCUT2D eigenvalue weighted by Crippen LogP contribution is -2.50. The molecule has 0 aromatic rings. The van der Waals surface area contributed by atoms with Crippen molar-refractivity contribution in [3.8, 4) is 0 Å². The van der Waals surface area contributed by atoms with Crippen LogP contribution < -0.4 is 0 Å². The molecule has 0 fully saturated rings. The number of ether oxygens (including phenoxy) is 1. The molecule has 0 aromatic carbocycles. The molecule has 0 rings (SSSR count). The zero-order valence-electron chi connectivity index (χ0n) is 9.54. The molecule has 10 nitrogen and oxygen atoms in total. The summed E-state index contributed by atoms with van der Waals surface area (Å²) >= 11 is 0. The topological polar surface area (TPSA) is 182 Å². The van der Waals surface area contributed by atoms with E-state index in [1.165, 1.54) is 0 Å². The Bertz CT molecular complexity index is 340. The fourth-order valence-corrected chi connectivity index (χ4v) is 0.974. The lowest BCUT2D eigenvalue weighted by molar-refractivity contribution is -0.180. The van der Waals surface area contributed by atoms with Gasteiger partial charge in [0.15, 0.2) is 12.2 Å². The van der Waals surface area contributed by atoms with Gasteiger partial charge in [-0.05, 0) is 0 Å². The molecule has 0 aromatic heterocycles. The van der Waals surface area contributed by atoms with Crippen molar-refractivity contribution in [3.63, 3.8) is 0 Å². The standard InChI is InChI=1S/C9H14O10/c10-2-1-3(11)19-9(18)7(15)5(13)4(12)6(14)8(16)17/h4-7,10,12-15H,1-2H2,(H,16,17)/t4-,5-,6-,7+/m0/s1. The highest BCUT2D eigenvalue weighted by Crippen LogP contribution is 2.07. The summed E-state index contributed by atoms with van der Waals surface area (Å²) in [6.45, 7) is -0.606. The molecule has 0 unspecified atom stereocenters. The second-order valence-corrected chi connectivity index (χ2v) is 3.48. The van der Waals surface area contributed by atoms with Crippen LogP contribution in [-0.4, -0.2) is 79.6 Å². The monoisotopic (exact) mass is 282 g/mol. The van der Waals surface area contributed by atoms with Crippen molar-refractivity contribution in [3.05, 3.63) is 0 Å². The highest BCUT2D eigenvalue weighted by atomic mass is 16.6. The largest absolute Gasteiger partial charge is 0.479 e. The molecule has 0 aliphatic heterocycles. The number of rotatable bonds is 7. The van der Waals surface area contributed by atoms with E-state index in [-0.39, 0.29) is 0 Å². The first-order chi connectivity index (χ1) is 8.72. The number of hydrogen-bond acceptors (Lipinski definition) is 9. The number of aliphatic hydroxyl groups is 5. The summed E-state index contributed by atoms with van der Waals surface area (Å²) in [5.74, 6) is -4.72. The lowest BCUT2D eigenvalue weighted by Gasteiger charge is -2.23. The number of carboxylic acid groups (broad SMARTS) is 1. The van der Waals surface area contributed by atoms with Gasteiger partial charge in [-0.25, -0.2) is 9.59 Å². The van der Waals surface area contributed by atoms with Gasteiger partial charge in [-0.15, -0.1) is 0 Å². The van der Waals surface area contributed by atoms with Gasteiger partial charge in [0.1, 0.15) is 12.2 Å². The average molecular weight is 282 g/mol. The molecule has 0 saturated heterocycles. The van der Waals surface area contributed by atoms with Crippen LogP contribution in [0.15, 0.2) is 0 Å². The molecule has 19 heavy (non-hydrogen) atoms. The van der Waals surface area contributed by atoms with Crippen LogP contribution in [0.1, 0.15) is 6.42 Å². The molecule has 0 aliphatic carbocycles. The van der Waals surface area contributed by atoms with Crippen molar-refractivity contribution in [2.75, 3.05) is 6.61 Å². The zero-order chi connectivity index (χ0) is 15.2. The molecular formula is C9H14O10. The van der Waals surface area contributed by atoms with Gasteiger partial charge in [-0.2, -0.15) is 0 Å². The molecule has 0 heterocycles. The summed E-state index contributed by atoms with van der Waals surface area (Å²) < 4.78 is 3.98. The van der Waals surface area contributed by atoms with Crippen LogP contribution >= 0.6 is 0 Å². The Labute approximate surface area is 106 Å². The van der Waals surface area contributed by atoms with Crippen LogP contribution in [0.2, 0.25) is 0 Å². The Morgan fingerprint density at radius 2 is 1.42 bits per heavy atom. The SMILES string of the molecule is O=C(CCO)OC(=O)[C@H](O)[C@@H](O)[C@H](O)[C@H](O)C(=O)O. The average Bonchev–Trinajstić information content (AvgIpc) is 2.35. The van der Waals surface area contributed by atoms with Crippen molar-refractivity contribution in [1.29, 1.82) is 0 Å². The van der Waals surface area contributed by atoms with Gasteiger partial charge in [0.05, 0.1) is 13.0 Å². The number of hydrogen-bond donors (Lipinski definition) is 6. The van der Waals surface area contributed by atoms with E-state index in [2.05, 4.69) is 4.74 Å². The molecule has 0 saturated carbocycles. The van der Waals surface area contributed by atoms with Gasteiger partial charge < -0.3 is 35.4 Å². The summed E-state index contributed by atoms with van der Waals surface area (Å²) in [5.41, 5.74) is 0. The summed E-state index contributed by atoms with van der Waals surface area (Å²) in [6.07, 6.45) is -10.2. The van der Waals surface area contributed by atoms with Crippen LogP contribution in [0, 0.1) is 0 Å². The van der Waals surface area contributed by atoms with Gasteiger partial charge in [-0.3, -0.25) is 4.79 Å². The van der Waals surface area contributed by atoms with E-state index in [9.17, 15) is 24.6 Å². The van der Waals surface area contributed by atoms with E-state index < -0.39 is 55.4 Å². The van der Waals surface area contributed by atoms with Gasteiger partial charge in [0, 0.05) is 0 Å². The van der Waals surface area contributed by atoms with E-state index in [4.69, 9.17) is 20.4 Å². The van der Waals surface area contributed by atoms with Crippen molar-refractivity contribution < 1.29 is 49.8 Å². The summed E-state index contributed by atoms with van der Waals surface area (Å²) in [6, 6.07) is 0. The Balaban J connectivity index is 4.54. The Kier molecular flexibility index (Phi) is 7.11. The molecule has 0 spiro atoms. The van der Waals surface area contributed by atoms with Crippen molar-refractivity contribution in [2.45, 2.75) is 30.8 Å². The molecule has 0 bridgehead atoms. The smallest absolute Gasteiger partial charge is 0.345 e. The van der Waals surface area contributed by atoms with Crippen LogP contribution in [0.4, 0.5) is 0 Å². The van der Waals surface area contributed by atoms with Crippen LogP contribution in [0.25, 0.3) is 0 Å². The summed E-state index contributed by atoms with van der Waals surface area (Å²) in [5, 5.41) is 53.2. The number of aliphatic carboxylic acids is 1. The first-order valence-electron chi connectivity index (χ1n) is 5.02. The third-order valence-electron chi connectivity index (χ3n) is 2.02. The Hall–Kier alpha value is -1.59. The van der Waals surface area contributed by atoms with Crippen molar-refractivity contribution >= 4 is 17.9 Å². The number of carbonyl (C=O) groups is 3. The van der Waals surface area contributed by atoms with Gasteiger partial charge in [-0.1, -0.05) is 0 Å². The van der Waals surface area contributed by atoms with E-state index in [1.54, 1.807) is 0 Å². The highest BCUT2D eigenvalue weighted by molar-refractivity contribution is 5.88. The molecule has 6 N–H and O–H groups in total. The normalized spacial score (nSPS) is 17.1. The second kappa shape index (κ2) is 7.76. The van der Waals surface area contributed by atoms with Gasteiger partial charge in [0.2, 0.25) is 0 Å². The number of carbonyl (C=O) groups excluding carboxylic acids is 2. The summed E-state index contributed by atoms with van der Waals surface area (Å²) in [4.78, 5) is 32.2. The second-order valence-electron chi connectivity index (χ2n) is 3.48. The van der Waals surface area contributed by atoms with Crippen molar-refractivity contribution in [1.82, 2.24) is 0 Å². The lowest BCUT2D eigenvalue weighted by atomic mass is 10.0. The molecule has 0 radical (unpaired) electrons. The maximum absolute atomic E-state index is 11.1. The molecule has 4 atom stereocenters. The number of carboxylic acids is 1. The maximum Gasteiger partial charge on any atom is 0.345 e. The van der Waals surface area contributed by atoms with E-state index in [0.29, 0.717) is 0 Å². The molecule has 110 valence electrons. The van der Waals surface area contributed by atoms with E-state index in [1.807, 2.05) is 0 Å². The Morgan fingerprint density at radius 1 is 0.947 bits per heavy atom. The van der Waals surface area contributed by atoms with Crippen LogP contribution in [0.5, 0.6) is 0 Å². The molecular weight excluding hydrogens is 268 g/mol. The molecule has 10 heteroatoms. The van der Waals surface area contributed by atoms with E-state index in [0.717, 1.165) is 0 Å². The highest BCUT2D eigenvalue weighted by Gasteiger charge is 2.38. The van der Waals surface area contributed by atoms with Crippen LogP contribution in [0.3, 0.4) is 0 Å². The summed E-state index contributed by atoms with van der Waals surface area (Å²) in [7, 11) is 0. The number of aliphatic hydroxyl groups excluding tert-OH is 5. The maximum atomic E-state index is 11.1. The quantitative estimate of drug-likeness (QED) is 0.198. The fourth-order valence-electron chi connectivity index (χ4n) is 0.974. The van der Waals surface area contributed by atoms with Crippen LogP contribution in [-0.2, 0) is 19.1 Å². The predicted molar refractivity (Wildman–Crippen MR) is 54.5 cm³/mol. The third kappa shape index (κ3) is 5.28. The first kappa shape index (κ1) is 17.4. The molecule has 0 aliphatic rings. The predicted octanol–water partition coefficient (Wildman–Crippen LogP) is -4.03. The zero-order valence-corrected chi connectivity index (χ0v) is 9.54. The first-order valence-corrected chi connectivity index (χ1v) is 5.02. The van der Waals surface area contributed by atoms with Gasteiger partial charge >= 0.3 is 17.9 Å². The molecule has 0 amide bonds. The minimum atomic E-state index is -2.44. The van der Waals surface area contributed by atoms with Gasteiger partial charge in [0.25, 0.3) is 0 Å².